The molecule has 0 atom stereocenters. The summed E-state index contributed by atoms with van der Waals surface area (Å²) in [4.78, 5) is 16.0. The number of hydrogen-bond acceptors (Lipinski definition) is 4. The first-order chi connectivity index (χ1) is 8.63. The van der Waals surface area contributed by atoms with Gasteiger partial charge in [0.2, 0.25) is 0 Å². The SMILES string of the molecule is CCOC(=O)C1=C(c2ccc(Br)cc2)CN=C1N. The zero-order valence-electron chi connectivity index (χ0n) is 9.94. The van der Waals surface area contributed by atoms with Crippen LogP contribution in [-0.2, 0) is 9.53 Å². The predicted octanol–water partition coefficient (Wildman–Crippen LogP) is 2.14. The molecule has 0 aromatic heterocycles. The van der Waals surface area contributed by atoms with Crippen molar-refractivity contribution in [2.45, 2.75) is 6.92 Å². The average molecular weight is 309 g/mol. The highest BCUT2D eigenvalue weighted by Gasteiger charge is 2.25. The molecule has 1 aromatic rings. The molecule has 0 radical (unpaired) electrons. The number of esters is 1. The van der Waals surface area contributed by atoms with Gasteiger partial charge in [-0.2, -0.15) is 0 Å². The van der Waals surface area contributed by atoms with Crippen LogP contribution in [0.2, 0.25) is 0 Å². The number of nitrogens with zero attached hydrogens (tertiary/aromatic N) is 1. The fourth-order valence-electron chi connectivity index (χ4n) is 1.79. The molecule has 0 saturated heterocycles. The first kappa shape index (κ1) is 12.8. The fourth-order valence-corrected chi connectivity index (χ4v) is 2.06. The number of nitrogens with two attached hydrogens (primary N) is 1. The van der Waals surface area contributed by atoms with Crippen molar-refractivity contribution in [3.63, 3.8) is 0 Å². The molecule has 0 saturated carbocycles. The molecule has 2 N–H and O–H groups in total. The summed E-state index contributed by atoms with van der Waals surface area (Å²) in [6.45, 7) is 2.50. The Hall–Kier alpha value is -1.62. The minimum absolute atomic E-state index is 0.256. The monoisotopic (exact) mass is 308 g/mol. The van der Waals surface area contributed by atoms with Crippen molar-refractivity contribution in [1.82, 2.24) is 0 Å². The number of hydrogen-bond donors (Lipinski definition) is 1. The lowest BCUT2D eigenvalue weighted by Crippen LogP contribution is -2.21. The molecular formula is C13H13BrN2O2. The Balaban J connectivity index is 2.41. The molecule has 0 bridgehead atoms. The lowest BCUT2D eigenvalue weighted by molar-refractivity contribution is -0.137. The quantitative estimate of drug-likeness (QED) is 0.870. The van der Waals surface area contributed by atoms with Gasteiger partial charge in [-0.25, -0.2) is 4.79 Å². The maximum absolute atomic E-state index is 11.9. The summed E-state index contributed by atoms with van der Waals surface area (Å²) in [7, 11) is 0. The maximum Gasteiger partial charge on any atom is 0.342 e. The minimum atomic E-state index is -0.408. The molecule has 4 nitrogen and oxygen atoms in total. The van der Waals surface area contributed by atoms with Crippen LogP contribution in [0.4, 0.5) is 0 Å². The molecular weight excluding hydrogens is 296 g/mol. The van der Waals surface area contributed by atoms with Crippen LogP contribution in [0, 0.1) is 0 Å². The number of carbonyl (C=O) groups excluding carboxylic acids is 1. The molecule has 2 rings (SSSR count). The lowest BCUT2D eigenvalue weighted by atomic mass is 10.0. The maximum atomic E-state index is 11.9. The normalized spacial score (nSPS) is 14.7. The van der Waals surface area contributed by atoms with Gasteiger partial charge in [-0.1, -0.05) is 28.1 Å². The summed E-state index contributed by atoms with van der Waals surface area (Å²) in [6, 6.07) is 7.68. The van der Waals surface area contributed by atoms with Crippen LogP contribution in [0.25, 0.3) is 5.57 Å². The second-order valence-corrected chi connectivity index (χ2v) is 4.70. The molecule has 5 heteroatoms. The average Bonchev–Trinajstić information content (AvgIpc) is 2.72. The van der Waals surface area contributed by atoms with E-state index in [0.29, 0.717) is 18.7 Å². The van der Waals surface area contributed by atoms with Crippen molar-refractivity contribution in [3.8, 4) is 0 Å². The number of halogens is 1. The molecule has 0 amide bonds. The molecule has 0 fully saturated rings. The molecule has 1 aromatic carbocycles. The topological polar surface area (TPSA) is 64.7 Å². The van der Waals surface area contributed by atoms with Crippen LogP contribution < -0.4 is 5.73 Å². The first-order valence-corrected chi connectivity index (χ1v) is 6.39. The summed E-state index contributed by atoms with van der Waals surface area (Å²) in [5, 5.41) is 0. The van der Waals surface area contributed by atoms with Gasteiger partial charge in [-0.05, 0) is 30.2 Å². The van der Waals surface area contributed by atoms with Crippen molar-refractivity contribution in [3.05, 3.63) is 39.9 Å². The smallest absolute Gasteiger partial charge is 0.342 e. The molecule has 1 aliphatic heterocycles. The summed E-state index contributed by atoms with van der Waals surface area (Å²) in [6.07, 6.45) is 0. The highest BCUT2D eigenvalue weighted by atomic mass is 79.9. The second-order valence-electron chi connectivity index (χ2n) is 3.78. The van der Waals surface area contributed by atoms with Crippen molar-refractivity contribution in [1.29, 1.82) is 0 Å². The zero-order chi connectivity index (χ0) is 13.1. The van der Waals surface area contributed by atoms with E-state index in [1.54, 1.807) is 6.92 Å². The van der Waals surface area contributed by atoms with Gasteiger partial charge in [-0.3, -0.25) is 4.99 Å². The largest absolute Gasteiger partial charge is 0.462 e. The van der Waals surface area contributed by atoms with Gasteiger partial charge in [0.25, 0.3) is 0 Å². The van der Waals surface area contributed by atoms with E-state index in [1.807, 2.05) is 24.3 Å². The standard InChI is InChI=1S/C13H13BrN2O2/c1-2-18-13(17)11-10(7-16-12(11)15)8-3-5-9(14)6-4-8/h3-6H,2,7H2,1H3,(H2,15,16). The summed E-state index contributed by atoms with van der Waals surface area (Å²) in [5.41, 5.74) is 7.89. The van der Waals surface area contributed by atoms with Crippen LogP contribution >= 0.6 is 15.9 Å². The molecule has 18 heavy (non-hydrogen) atoms. The van der Waals surface area contributed by atoms with Gasteiger partial charge in [0.15, 0.2) is 0 Å². The van der Waals surface area contributed by atoms with E-state index in [-0.39, 0.29) is 5.84 Å². The van der Waals surface area contributed by atoms with Crippen molar-refractivity contribution < 1.29 is 9.53 Å². The molecule has 0 spiro atoms. The third-order valence-corrected chi connectivity index (χ3v) is 3.17. The van der Waals surface area contributed by atoms with Crippen molar-refractivity contribution >= 4 is 33.3 Å². The Morgan fingerprint density at radius 3 is 2.72 bits per heavy atom. The van der Waals surface area contributed by atoms with E-state index in [0.717, 1.165) is 15.6 Å². The van der Waals surface area contributed by atoms with E-state index in [4.69, 9.17) is 10.5 Å². The molecule has 0 unspecified atom stereocenters. The number of ether oxygens (including phenoxy) is 1. The van der Waals surface area contributed by atoms with E-state index < -0.39 is 5.97 Å². The highest BCUT2D eigenvalue weighted by molar-refractivity contribution is 9.10. The molecule has 1 aliphatic rings. The Kier molecular flexibility index (Phi) is 3.81. The van der Waals surface area contributed by atoms with E-state index in [2.05, 4.69) is 20.9 Å². The summed E-state index contributed by atoms with van der Waals surface area (Å²) >= 11 is 3.37. The second kappa shape index (κ2) is 5.35. The predicted molar refractivity (Wildman–Crippen MR) is 74.2 cm³/mol. The molecule has 0 aliphatic carbocycles. The minimum Gasteiger partial charge on any atom is -0.462 e. The third kappa shape index (κ3) is 2.46. The zero-order valence-corrected chi connectivity index (χ0v) is 11.5. The van der Waals surface area contributed by atoms with Crippen LogP contribution in [0.5, 0.6) is 0 Å². The van der Waals surface area contributed by atoms with E-state index in [1.165, 1.54) is 0 Å². The van der Waals surface area contributed by atoms with Crippen molar-refractivity contribution in [2.24, 2.45) is 10.7 Å². The third-order valence-electron chi connectivity index (χ3n) is 2.64. The van der Waals surface area contributed by atoms with Gasteiger partial charge < -0.3 is 10.5 Å². The Morgan fingerprint density at radius 1 is 1.44 bits per heavy atom. The Labute approximate surface area is 114 Å². The number of amidine groups is 1. The number of rotatable bonds is 3. The number of carbonyl (C=O) groups is 1. The number of benzene rings is 1. The van der Waals surface area contributed by atoms with Gasteiger partial charge >= 0.3 is 5.97 Å². The highest BCUT2D eigenvalue weighted by Crippen LogP contribution is 2.26. The number of aliphatic imine (C=N–C) groups is 1. The first-order valence-electron chi connectivity index (χ1n) is 5.60. The Bertz CT molecular complexity index is 532. The van der Waals surface area contributed by atoms with Gasteiger partial charge in [0.1, 0.15) is 11.4 Å². The molecule has 94 valence electrons. The summed E-state index contributed by atoms with van der Waals surface area (Å²) in [5.74, 6) is -0.152. The van der Waals surface area contributed by atoms with E-state index >= 15 is 0 Å². The van der Waals surface area contributed by atoms with Crippen LogP contribution in [-0.4, -0.2) is 25.0 Å². The van der Waals surface area contributed by atoms with Gasteiger partial charge in [-0.15, -0.1) is 0 Å². The molecule has 1 heterocycles. The van der Waals surface area contributed by atoms with Gasteiger partial charge in [0, 0.05) is 4.47 Å². The van der Waals surface area contributed by atoms with Gasteiger partial charge in [0.05, 0.1) is 13.2 Å². The van der Waals surface area contributed by atoms with Crippen LogP contribution in [0.3, 0.4) is 0 Å². The fraction of sp³-hybridized carbons (Fsp3) is 0.231. The lowest BCUT2D eigenvalue weighted by Gasteiger charge is -2.07. The summed E-state index contributed by atoms with van der Waals surface area (Å²) < 4.78 is 5.99. The van der Waals surface area contributed by atoms with Crippen LogP contribution in [0.15, 0.2) is 39.3 Å². The Morgan fingerprint density at radius 2 is 2.11 bits per heavy atom. The van der Waals surface area contributed by atoms with Crippen molar-refractivity contribution in [2.75, 3.05) is 13.2 Å². The van der Waals surface area contributed by atoms with E-state index in [9.17, 15) is 4.79 Å². The van der Waals surface area contributed by atoms with Crippen LogP contribution in [0.1, 0.15) is 12.5 Å².